The van der Waals surface area contributed by atoms with Crippen molar-refractivity contribution in [1.82, 2.24) is 20.2 Å². The fourth-order valence-electron chi connectivity index (χ4n) is 2.05. The highest BCUT2D eigenvalue weighted by molar-refractivity contribution is 5.69. The zero-order chi connectivity index (χ0) is 15.8. The molecule has 118 valence electrons. The van der Waals surface area contributed by atoms with E-state index in [1.807, 2.05) is 24.3 Å². The topological polar surface area (TPSA) is 90.1 Å². The van der Waals surface area contributed by atoms with Crippen molar-refractivity contribution in [2.75, 3.05) is 6.61 Å². The number of carboxylic acids is 1. The molecule has 1 N–H and O–H groups in total. The Morgan fingerprint density at radius 2 is 2.00 bits per heavy atom. The molecule has 0 spiro atoms. The van der Waals surface area contributed by atoms with Gasteiger partial charge in [0.2, 0.25) is 0 Å². The summed E-state index contributed by atoms with van der Waals surface area (Å²) in [6.07, 6.45) is 4.44. The van der Waals surface area contributed by atoms with Gasteiger partial charge in [-0.25, -0.2) is 0 Å². The van der Waals surface area contributed by atoms with Gasteiger partial charge < -0.3 is 9.84 Å². The first kappa shape index (κ1) is 15.9. The molecule has 0 aliphatic heterocycles. The zero-order valence-electron chi connectivity index (χ0n) is 12.6. The van der Waals surface area contributed by atoms with Gasteiger partial charge in [-0.1, -0.05) is 26.2 Å². The Kier molecular flexibility index (Phi) is 5.88. The molecule has 1 aromatic heterocycles. The Bertz CT molecular complexity index is 595. The van der Waals surface area contributed by atoms with Crippen LogP contribution in [0.15, 0.2) is 24.3 Å². The number of carbonyl (C=O) groups is 1. The van der Waals surface area contributed by atoms with E-state index >= 15 is 0 Å². The summed E-state index contributed by atoms with van der Waals surface area (Å²) in [5.74, 6) is 0.108. The van der Waals surface area contributed by atoms with Crippen LogP contribution in [0, 0.1) is 0 Å². The van der Waals surface area contributed by atoms with Crippen molar-refractivity contribution in [2.45, 2.75) is 39.0 Å². The lowest BCUT2D eigenvalue weighted by molar-refractivity contribution is -0.136. The van der Waals surface area contributed by atoms with Crippen LogP contribution in [0.3, 0.4) is 0 Å². The number of unbranched alkanes of at least 4 members (excludes halogenated alkanes) is 3. The number of hydrogen-bond acceptors (Lipinski definition) is 5. The van der Waals surface area contributed by atoms with Gasteiger partial charge >= 0.3 is 5.97 Å². The third-order valence-corrected chi connectivity index (χ3v) is 3.19. The summed E-state index contributed by atoms with van der Waals surface area (Å²) in [6, 6.07) is 7.29. The van der Waals surface area contributed by atoms with Crippen molar-refractivity contribution >= 4 is 5.97 Å². The number of carboxylic acid groups (broad SMARTS) is 1. The molecule has 2 rings (SSSR count). The van der Waals surface area contributed by atoms with Crippen LogP contribution in [0.5, 0.6) is 5.75 Å². The van der Waals surface area contributed by atoms with Gasteiger partial charge in [-0.05, 0) is 41.1 Å². The van der Waals surface area contributed by atoms with E-state index in [0.717, 1.165) is 12.2 Å². The summed E-state index contributed by atoms with van der Waals surface area (Å²) in [6.45, 7) is 2.88. The summed E-state index contributed by atoms with van der Waals surface area (Å²) in [7, 11) is 0. The van der Waals surface area contributed by atoms with Gasteiger partial charge in [0.05, 0.1) is 12.3 Å². The number of tetrazole rings is 1. The minimum atomic E-state index is -0.969. The van der Waals surface area contributed by atoms with Crippen LogP contribution in [-0.4, -0.2) is 37.9 Å². The van der Waals surface area contributed by atoms with Gasteiger partial charge in [0.1, 0.15) is 12.2 Å². The van der Waals surface area contributed by atoms with Crippen LogP contribution in [0.25, 0.3) is 5.69 Å². The fraction of sp³-hybridized carbons (Fsp3) is 0.467. The van der Waals surface area contributed by atoms with Gasteiger partial charge in [-0.2, -0.15) is 4.68 Å². The van der Waals surface area contributed by atoms with Gasteiger partial charge in [0, 0.05) is 0 Å². The van der Waals surface area contributed by atoms with Crippen LogP contribution in [-0.2, 0) is 11.2 Å². The van der Waals surface area contributed by atoms with Crippen LogP contribution in [0.1, 0.15) is 38.4 Å². The van der Waals surface area contributed by atoms with Crippen molar-refractivity contribution in [3.63, 3.8) is 0 Å². The monoisotopic (exact) mass is 304 g/mol. The van der Waals surface area contributed by atoms with Crippen LogP contribution < -0.4 is 4.74 Å². The highest BCUT2D eigenvalue weighted by Crippen LogP contribution is 2.16. The second kappa shape index (κ2) is 8.11. The Morgan fingerprint density at radius 3 is 2.68 bits per heavy atom. The first-order valence-electron chi connectivity index (χ1n) is 7.43. The van der Waals surface area contributed by atoms with E-state index in [0.29, 0.717) is 18.1 Å². The predicted octanol–water partition coefficient (Wildman–Crippen LogP) is 2.25. The lowest BCUT2D eigenvalue weighted by Crippen LogP contribution is -2.09. The molecule has 22 heavy (non-hydrogen) atoms. The van der Waals surface area contributed by atoms with Gasteiger partial charge in [0.15, 0.2) is 5.82 Å². The first-order chi connectivity index (χ1) is 10.7. The minimum Gasteiger partial charge on any atom is -0.494 e. The zero-order valence-corrected chi connectivity index (χ0v) is 12.6. The predicted molar refractivity (Wildman–Crippen MR) is 80.1 cm³/mol. The maximum Gasteiger partial charge on any atom is 0.311 e. The van der Waals surface area contributed by atoms with Gasteiger partial charge in [-0.3, -0.25) is 4.79 Å². The quantitative estimate of drug-likeness (QED) is 0.715. The summed E-state index contributed by atoms with van der Waals surface area (Å²) in [5.41, 5.74) is 0.708. The normalized spacial score (nSPS) is 10.6. The number of aliphatic carboxylic acids is 1. The van der Waals surface area contributed by atoms with Crippen molar-refractivity contribution in [2.24, 2.45) is 0 Å². The molecule has 1 aromatic carbocycles. The standard InChI is InChI=1S/C15H20N4O3/c1-2-3-4-5-10-22-13-8-6-12(7-9-13)19-14(11-15(20)21)16-17-18-19/h6-9H,2-5,10-11H2,1H3,(H,20,21). The number of benzene rings is 1. The molecule has 7 nitrogen and oxygen atoms in total. The molecule has 0 saturated carbocycles. The molecular weight excluding hydrogens is 284 g/mol. The molecule has 0 aliphatic carbocycles. The molecule has 0 radical (unpaired) electrons. The van der Waals surface area contributed by atoms with Crippen molar-refractivity contribution < 1.29 is 14.6 Å². The van der Waals surface area contributed by atoms with E-state index in [4.69, 9.17) is 9.84 Å². The van der Waals surface area contributed by atoms with E-state index in [9.17, 15) is 4.79 Å². The second-order valence-electron chi connectivity index (χ2n) is 4.98. The molecule has 0 aliphatic rings. The highest BCUT2D eigenvalue weighted by atomic mass is 16.5. The van der Waals surface area contributed by atoms with E-state index in [1.54, 1.807) is 0 Å². The van der Waals surface area contributed by atoms with Crippen molar-refractivity contribution in [1.29, 1.82) is 0 Å². The van der Waals surface area contributed by atoms with Gasteiger partial charge in [-0.15, -0.1) is 5.10 Å². The molecule has 0 saturated heterocycles. The average Bonchev–Trinajstić information content (AvgIpc) is 2.95. The molecule has 1 heterocycles. The van der Waals surface area contributed by atoms with E-state index in [-0.39, 0.29) is 6.42 Å². The molecular formula is C15H20N4O3. The SMILES string of the molecule is CCCCCCOc1ccc(-n2nnnc2CC(=O)O)cc1. The van der Waals surface area contributed by atoms with Crippen molar-refractivity contribution in [3.8, 4) is 11.4 Å². The minimum absolute atomic E-state index is 0.220. The first-order valence-corrected chi connectivity index (χ1v) is 7.43. The van der Waals surface area contributed by atoms with Gasteiger partial charge in [0.25, 0.3) is 0 Å². The molecule has 7 heteroatoms. The van der Waals surface area contributed by atoms with E-state index in [1.165, 1.54) is 23.9 Å². The van der Waals surface area contributed by atoms with E-state index < -0.39 is 5.97 Å². The van der Waals surface area contributed by atoms with Crippen LogP contribution >= 0.6 is 0 Å². The third-order valence-electron chi connectivity index (χ3n) is 3.19. The Morgan fingerprint density at radius 1 is 1.23 bits per heavy atom. The number of aromatic nitrogens is 4. The summed E-state index contributed by atoms with van der Waals surface area (Å²) in [4.78, 5) is 10.8. The van der Waals surface area contributed by atoms with Crippen LogP contribution in [0.4, 0.5) is 0 Å². The van der Waals surface area contributed by atoms with Crippen LogP contribution in [0.2, 0.25) is 0 Å². The molecule has 0 bridgehead atoms. The Labute approximate surface area is 128 Å². The maximum absolute atomic E-state index is 10.8. The number of nitrogens with zero attached hydrogens (tertiary/aromatic N) is 4. The number of rotatable bonds is 9. The summed E-state index contributed by atoms with van der Waals surface area (Å²) >= 11 is 0. The lowest BCUT2D eigenvalue weighted by atomic mass is 10.2. The average molecular weight is 304 g/mol. The molecule has 0 atom stereocenters. The molecule has 0 fully saturated rings. The summed E-state index contributed by atoms with van der Waals surface area (Å²) in [5, 5.41) is 19.9. The summed E-state index contributed by atoms with van der Waals surface area (Å²) < 4.78 is 7.08. The molecule has 2 aromatic rings. The second-order valence-corrected chi connectivity index (χ2v) is 4.98. The third kappa shape index (κ3) is 4.54. The fourth-order valence-corrected chi connectivity index (χ4v) is 2.05. The smallest absolute Gasteiger partial charge is 0.311 e. The number of hydrogen-bond donors (Lipinski definition) is 1. The molecule has 0 unspecified atom stereocenters. The lowest BCUT2D eigenvalue weighted by Gasteiger charge is -2.07. The Hall–Kier alpha value is -2.44. The Balaban J connectivity index is 1.94. The largest absolute Gasteiger partial charge is 0.494 e. The van der Waals surface area contributed by atoms with Crippen molar-refractivity contribution in [3.05, 3.63) is 30.1 Å². The number of ether oxygens (including phenoxy) is 1. The highest BCUT2D eigenvalue weighted by Gasteiger charge is 2.11. The molecule has 0 amide bonds. The maximum atomic E-state index is 10.8. The van der Waals surface area contributed by atoms with E-state index in [2.05, 4.69) is 22.4 Å².